The minimum atomic E-state index is -3.55. The van der Waals surface area contributed by atoms with E-state index >= 15 is 0 Å². The van der Waals surface area contributed by atoms with Crippen LogP contribution >= 0.6 is 11.3 Å². The minimum Gasteiger partial charge on any atom is -0.365 e. The molecule has 2 aliphatic heterocycles. The molecule has 2 aliphatic rings. The van der Waals surface area contributed by atoms with Crippen LogP contribution in [0.3, 0.4) is 0 Å². The van der Waals surface area contributed by atoms with E-state index < -0.39 is 21.8 Å². The second kappa shape index (κ2) is 8.19. The maximum atomic E-state index is 13.0. The van der Waals surface area contributed by atoms with Gasteiger partial charge in [0, 0.05) is 34.6 Å². The number of anilines is 1. The van der Waals surface area contributed by atoms with Crippen molar-refractivity contribution in [2.24, 2.45) is 5.73 Å². The molecule has 1 aromatic carbocycles. The number of carbonyl (C=O) groups excluding carboxylic acids is 2. The van der Waals surface area contributed by atoms with E-state index in [9.17, 15) is 18.0 Å². The molecule has 0 unspecified atom stereocenters. The molecule has 3 heterocycles. The first-order valence-electron chi connectivity index (χ1n) is 11.0. The molecule has 0 bridgehead atoms. The summed E-state index contributed by atoms with van der Waals surface area (Å²) in [4.78, 5) is 26.5. The summed E-state index contributed by atoms with van der Waals surface area (Å²) in [6, 6.07) is 5.88. The third-order valence-corrected chi connectivity index (χ3v) is 9.52. The van der Waals surface area contributed by atoms with Crippen molar-refractivity contribution in [1.82, 2.24) is 9.62 Å². The molecule has 2 aromatic rings. The summed E-state index contributed by atoms with van der Waals surface area (Å²) >= 11 is 1.35. The van der Waals surface area contributed by atoms with Gasteiger partial charge in [0.25, 0.3) is 11.8 Å². The van der Waals surface area contributed by atoms with E-state index in [-0.39, 0.29) is 16.0 Å². The number of fused-ring (bicyclic) bond motifs is 1. The van der Waals surface area contributed by atoms with Crippen LogP contribution in [0.15, 0.2) is 29.2 Å². The zero-order chi connectivity index (χ0) is 24.2. The first kappa shape index (κ1) is 23.9. The second-order valence-electron chi connectivity index (χ2n) is 9.88. The number of nitrogens with one attached hydrogen (secondary N) is 2. The molecule has 0 saturated carbocycles. The number of amides is 2. The topological polar surface area (TPSA) is 122 Å². The average Bonchev–Trinajstić information content (AvgIpc) is 3.35. The van der Waals surface area contributed by atoms with Crippen molar-refractivity contribution in [1.29, 1.82) is 0 Å². The molecule has 33 heavy (non-hydrogen) atoms. The summed E-state index contributed by atoms with van der Waals surface area (Å²) < 4.78 is 26.9. The number of hydrogen-bond donors (Lipinski definition) is 3. The van der Waals surface area contributed by atoms with Gasteiger partial charge in [0.05, 0.1) is 10.5 Å². The van der Waals surface area contributed by atoms with Crippen molar-refractivity contribution >= 4 is 38.2 Å². The fraction of sp³-hybridized carbons (Fsp3) is 0.478. The van der Waals surface area contributed by atoms with Gasteiger partial charge >= 0.3 is 0 Å². The molecule has 8 nitrogen and oxygen atoms in total. The van der Waals surface area contributed by atoms with Crippen molar-refractivity contribution < 1.29 is 18.0 Å². The zero-order valence-corrected chi connectivity index (χ0v) is 21.0. The molecule has 1 aromatic heterocycles. The largest absolute Gasteiger partial charge is 0.365 e. The first-order chi connectivity index (χ1) is 15.3. The Morgan fingerprint density at radius 2 is 1.70 bits per heavy atom. The summed E-state index contributed by atoms with van der Waals surface area (Å²) in [5.74, 6) is -1.01. The van der Waals surface area contributed by atoms with Gasteiger partial charge in [-0.15, -0.1) is 11.3 Å². The van der Waals surface area contributed by atoms with Gasteiger partial charge < -0.3 is 16.4 Å². The number of primary amides is 1. The molecule has 178 valence electrons. The first-order valence-corrected chi connectivity index (χ1v) is 13.2. The van der Waals surface area contributed by atoms with Crippen LogP contribution in [0.5, 0.6) is 0 Å². The Labute approximate surface area is 198 Å². The number of nitrogens with zero attached hydrogens (tertiary/aromatic N) is 1. The highest BCUT2D eigenvalue weighted by molar-refractivity contribution is 7.89. The lowest BCUT2D eigenvalue weighted by Crippen LogP contribution is -2.55. The molecule has 4 rings (SSSR count). The maximum Gasteiger partial charge on any atom is 0.256 e. The van der Waals surface area contributed by atoms with Gasteiger partial charge in [0.1, 0.15) is 5.00 Å². The van der Waals surface area contributed by atoms with Crippen molar-refractivity contribution in [2.75, 3.05) is 18.4 Å². The lowest BCUT2D eigenvalue weighted by Gasteiger charge is -2.42. The molecule has 0 atom stereocenters. The van der Waals surface area contributed by atoms with Gasteiger partial charge in [-0.25, -0.2) is 8.42 Å². The summed E-state index contributed by atoms with van der Waals surface area (Å²) in [6.45, 7) is 9.25. The summed E-state index contributed by atoms with van der Waals surface area (Å²) in [7, 11) is -3.55. The minimum absolute atomic E-state index is 0.167. The number of sulfonamides is 1. The Balaban J connectivity index is 1.62. The Morgan fingerprint density at radius 3 is 2.27 bits per heavy atom. The third kappa shape index (κ3) is 4.44. The van der Waals surface area contributed by atoms with E-state index in [1.54, 1.807) is 0 Å². The molecule has 10 heteroatoms. The zero-order valence-electron chi connectivity index (χ0n) is 19.3. The second-order valence-corrected chi connectivity index (χ2v) is 12.8. The van der Waals surface area contributed by atoms with Gasteiger partial charge in [0.2, 0.25) is 10.0 Å². The van der Waals surface area contributed by atoms with Gasteiger partial charge in [-0.2, -0.15) is 4.31 Å². The Hall–Kier alpha value is -2.27. The predicted molar refractivity (Wildman–Crippen MR) is 129 cm³/mol. The van der Waals surface area contributed by atoms with E-state index in [1.165, 1.54) is 39.9 Å². The number of benzene rings is 1. The average molecular weight is 491 g/mol. The van der Waals surface area contributed by atoms with E-state index in [4.69, 9.17) is 5.73 Å². The van der Waals surface area contributed by atoms with Crippen molar-refractivity contribution in [3.63, 3.8) is 0 Å². The van der Waals surface area contributed by atoms with Crippen LogP contribution in [0.4, 0.5) is 5.00 Å². The fourth-order valence-electron chi connectivity index (χ4n) is 4.91. The van der Waals surface area contributed by atoms with E-state index in [1.807, 2.05) is 13.8 Å². The van der Waals surface area contributed by atoms with Crippen LogP contribution in [0, 0.1) is 0 Å². The molecular formula is C23H30N4O4S2. The highest BCUT2D eigenvalue weighted by Crippen LogP contribution is 2.45. The smallest absolute Gasteiger partial charge is 0.256 e. The number of carbonyl (C=O) groups is 2. The van der Waals surface area contributed by atoms with Crippen LogP contribution in [-0.4, -0.2) is 43.2 Å². The van der Waals surface area contributed by atoms with Gasteiger partial charge in [-0.05, 0) is 76.8 Å². The predicted octanol–water partition coefficient (Wildman–Crippen LogP) is 3.04. The van der Waals surface area contributed by atoms with Gasteiger partial charge in [-0.3, -0.25) is 9.59 Å². The quantitative estimate of drug-likeness (QED) is 0.595. The van der Waals surface area contributed by atoms with Gasteiger partial charge in [0.15, 0.2) is 0 Å². The standard InChI is InChI=1S/C23H30N4O4S2/c1-22(2)13-16-17(19(24)28)21(32-18(16)23(3,4)26-22)25-20(29)14-7-9-15(10-8-14)33(30,31)27-11-5-6-12-27/h7-10,26H,5-6,11-13H2,1-4H3,(H2,24,28)(H,25,29). The van der Waals surface area contributed by atoms with Crippen molar-refractivity contribution in [2.45, 2.75) is 62.9 Å². The fourth-order valence-corrected chi connectivity index (χ4v) is 7.70. The van der Waals surface area contributed by atoms with Crippen LogP contribution in [-0.2, 0) is 22.0 Å². The molecule has 0 aliphatic carbocycles. The molecule has 1 saturated heterocycles. The van der Waals surface area contributed by atoms with E-state index in [0.29, 0.717) is 35.6 Å². The number of hydrogen-bond acceptors (Lipinski definition) is 6. The number of nitrogens with two attached hydrogens (primary N) is 1. The van der Waals surface area contributed by atoms with Crippen molar-refractivity contribution in [3.8, 4) is 0 Å². The summed E-state index contributed by atoms with van der Waals surface area (Å²) in [6.07, 6.45) is 2.33. The molecule has 0 radical (unpaired) electrons. The van der Waals surface area contributed by atoms with E-state index in [0.717, 1.165) is 23.3 Å². The SMILES string of the molecule is CC1(C)Cc2c(sc(NC(=O)c3ccc(S(=O)(=O)N4CCCC4)cc3)c2C(N)=O)C(C)(C)N1. The van der Waals surface area contributed by atoms with Crippen molar-refractivity contribution in [3.05, 3.63) is 45.8 Å². The van der Waals surface area contributed by atoms with Crippen LogP contribution in [0.25, 0.3) is 0 Å². The highest BCUT2D eigenvalue weighted by atomic mass is 32.2. The Morgan fingerprint density at radius 1 is 1.09 bits per heavy atom. The molecule has 2 amide bonds. The normalized spacial score (nSPS) is 19.8. The lowest BCUT2D eigenvalue weighted by molar-refractivity contribution is 0.0999. The summed E-state index contributed by atoms with van der Waals surface area (Å²) in [5.41, 5.74) is 6.61. The Kier molecular flexibility index (Phi) is 5.93. The van der Waals surface area contributed by atoms with Crippen LogP contribution < -0.4 is 16.4 Å². The lowest BCUT2D eigenvalue weighted by atomic mass is 9.81. The third-order valence-electron chi connectivity index (χ3n) is 6.14. The number of thiophene rings is 1. The number of rotatable bonds is 5. The van der Waals surface area contributed by atoms with Gasteiger partial charge in [-0.1, -0.05) is 0 Å². The molecular weight excluding hydrogens is 460 g/mol. The molecule has 4 N–H and O–H groups in total. The highest BCUT2D eigenvalue weighted by Gasteiger charge is 2.41. The molecule has 1 fully saturated rings. The summed E-state index contributed by atoms with van der Waals surface area (Å²) in [5, 5.41) is 6.83. The van der Waals surface area contributed by atoms with Crippen LogP contribution in [0.1, 0.15) is 71.7 Å². The van der Waals surface area contributed by atoms with Crippen LogP contribution in [0.2, 0.25) is 0 Å². The monoisotopic (exact) mass is 490 g/mol. The Bertz CT molecular complexity index is 1210. The maximum absolute atomic E-state index is 13.0. The molecule has 0 spiro atoms. The van der Waals surface area contributed by atoms with E-state index in [2.05, 4.69) is 24.5 Å².